The molecule has 2 aromatic rings. The third-order valence-corrected chi connectivity index (χ3v) is 9.36. The summed E-state index contributed by atoms with van der Waals surface area (Å²) in [4.78, 5) is 13.8. The van der Waals surface area contributed by atoms with Gasteiger partial charge < -0.3 is 9.64 Å². The molecule has 35 heavy (non-hydrogen) atoms. The molecule has 7 nitrogen and oxygen atoms in total. The van der Waals surface area contributed by atoms with Gasteiger partial charge >= 0.3 is 6.36 Å². The number of carbonyl (C=O) groups is 1. The molecule has 1 aliphatic rings. The molecular weight excluding hydrogens is 514 g/mol. The van der Waals surface area contributed by atoms with E-state index >= 15 is 0 Å². The molecule has 192 valence electrons. The average Bonchev–Trinajstić information content (AvgIpc) is 2.77. The van der Waals surface area contributed by atoms with Crippen LogP contribution < -0.4 is 4.74 Å². The predicted octanol–water partition coefficient (Wildman–Crippen LogP) is 3.84. The number of sulfone groups is 2. The number of rotatable bonds is 6. The van der Waals surface area contributed by atoms with Crippen molar-refractivity contribution in [3.8, 4) is 5.75 Å². The molecule has 3 rings (SSSR count). The molecule has 0 bridgehead atoms. The van der Waals surface area contributed by atoms with Crippen LogP contribution in [0.1, 0.15) is 30.1 Å². The van der Waals surface area contributed by atoms with Gasteiger partial charge in [0.1, 0.15) is 11.6 Å². The number of hydrogen-bond acceptors (Lipinski definition) is 6. The maximum absolute atomic E-state index is 13.2. The molecule has 1 amide bonds. The zero-order valence-electron chi connectivity index (χ0n) is 18.7. The van der Waals surface area contributed by atoms with Crippen molar-refractivity contribution in [1.29, 1.82) is 0 Å². The van der Waals surface area contributed by atoms with Crippen LogP contribution in [0.4, 0.5) is 17.6 Å². The largest absolute Gasteiger partial charge is 0.573 e. The first-order chi connectivity index (χ1) is 16.1. The molecule has 1 unspecified atom stereocenters. The van der Waals surface area contributed by atoms with Crippen molar-refractivity contribution in [2.24, 2.45) is 5.92 Å². The Kier molecular flexibility index (Phi) is 7.51. The highest BCUT2D eigenvalue weighted by molar-refractivity contribution is 7.92. The smallest absolute Gasteiger partial charge is 0.405 e. The Hall–Kier alpha value is -2.67. The molecular formula is C22H23F4NO6S2. The van der Waals surface area contributed by atoms with E-state index in [9.17, 15) is 39.2 Å². The van der Waals surface area contributed by atoms with Crippen LogP contribution in [-0.4, -0.2) is 58.6 Å². The molecule has 1 heterocycles. The van der Waals surface area contributed by atoms with Gasteiger partial charge in [-0.3, -0.25) is 4.79 Å². The van der Waals surface area contributed by atoms with Gasteiger partial charge in [0, 0.05) is 19.3 Å². The molecule has 1 saturated heterocycles. The minimum atomic E-state index is -5.15. The summed E-state index contributed by atoms with van der Waals surface area (Å²) in [6.45, 7) is 1.68. The Bertz CT molecular complexity index is 1300. The fraction of sp³-hybridized carbons (Fsp3) is 0.409. The van der Waals surface area contributed by atoms with Gasteiger partial charge in [-0.1, -0.05) is 0 Å². The van der Waals surface area contributed by atoms with Crippen molar-refractivity contribution in [3.63, 3.8) is 0 Å². The van der Waals surface area contributed by atoms with Gasteiger partial charge in [0.2, 0.25) is 0 Å². The van der Waals surface area contributed by atoms with E-state index in [0.717, 1.165) is 30.5 Å². The highest BCUT2D eigenvalue weighted by atomic mass is 32.2. The van der Waals surface area contributed by atoms with E-state index in [-0.39, 0.29) is 36.7 Å². The summed E-state index contributed by atoms with van der Waals surface area (Å²) in [5.41, 5.74) is -0.458. The Morgan fingerprint density at radius 2 is 1.54 bits per heavy atom. The van der Waals surface area contributed by atoms with E-state index in [2.05, 4.69) is 4.74 Å². The number of ether oxygens (including phenoxy) is 1. The van der Waals surface area contributed by atoms with Crippen LogP contribution >= 0.6 is 0 Å². The zero-order chi connectivity index (χ0) is 26.2. The van der Waals surface area contributed by atoms with Crippen LogP contribution in [0.25, 0.3) is 0 Å². The number of amides is 1. The Labute approximate surface area is 200 Å². The second kappa shape index (κ2) is 9.76. The quantitative estimate of drug-likeness (QED) is 0.410. The van der Waals surface area contributed by atoms with Gasteiger partial charge in [-0.25, -0.2) is 21.2 Å². The van der Waals surface area contributed by atoms with E-state index < -0.39 is 59.2 Å². The molecule has 0 radical (unpaired) electrons. The van der Waals surface area contributed by atoms with E-state index in [1.165, 1.54) is 24.0 Å². The number of benzene rings is 2. The summed E-state index contributed by atoms with van der Waals surface area (Å²) in [5, 5.41) is -0.830. The SMILES string of the molecule is CC(C1CCN(C(=O)c2ccc(S(C)(=O)=O)cc2OC(F)(F)F)CC1)S(=O)(=O)c1ccc(F)cc1. The first-order valence-corrected chi connectivity index (χ1v) is 13.9. The maximum Gasteiger partial charge on any atom is 0.573 e. The summed E-state index contributed by atoms with van der Waals surface area (Å²) >= 11 is 0. The summed E-state index contributed by atoms with van der Waals surface area (Å²) in [6, 6.07) is 7.11. The van der Waals surface area contributed by atoms with Crippen molar-refractivity contribution < 1.29 is 43.9 Å². The molecule has 1 fully saturated rings. The summed E-state index contributed by atoms with van der Waals surface area (Å²) in [5.74, 6) is -2.63. The molecule has 1 atom stereocenters. The van der Waals surface area contributed by atoms with Crippen LogP contribution in [0.15, 0.2) is 52.3 Å². The lowest BCUT2D eigenvalue weighted by Crippen LogP contribution is -2.42. The zero-order valence-corrected chi connectivity index (χ0v) is 20.4. The van der Waals surface area contributed by atoms with E-state index in [0.29, 0.717) is 6.07 Å². The van der Waals surface area contributed by atoms with Crippen LogP contribution in [0.2, 0.25) is 0 Å². The van der Waals surface area contributed by atoms with E-state index in [4.69, 9.17) is 0 Å². The standard InChI is InChI=1S/C22H23F4NO6S2/c1-14(35(31,32)17-5-3-16(23)4-6-17)15-9-11-27(12-10-15)21(28)19-8-7-18(34(2,29)30)13-20(19)33-22(24,25)26/h3-8,13-15H,9-12H2,1-2H3. The molecule has 13 heteroatoms. The lowest BCUT2D eigenvalue weighted by atomic mass is 9.93. The Balaban J connectivity index is 1.77. The molecule has 1 aliphatic heterocycles. The number of nitrogens with zero attached hydrogens (tertiary/aromatic N) is 1. The highest BCUT2D eigenvalue weighted by Gasteiger charge is 2.37. The number of carbonyl (C=O) groups excluding carboxylic acids is 1. The van der Waals surface area contributed by atoms with Gasteiger partial charge in [0.05, 0.1) is 20.6 Å². The highest BCUT2D eigenvalue weighted by Crippen LogP contribution is 2.33. The normalized spacial score (nSPS) is 16.7. The molecule has 0 saturated carbocycles. The third kappa shape index (κ3) is 6.31. The number of likely N-dealkylation sites (tertiary alicyclic amines) is 1. The van der Waals surface area contributed by atoms with E-state index in [1.807, 2.05) is 0 Å². The number of piperidine rings is 1. The molecule has 2 aromatic carbocycles. The summed E-state index contributed by atoms with van der Waals surface area (Å²) in [6.07, 6.45) is -3.80. The summed E-state index contributed by atoms with van der Waals surface area (Å²) < 4.78 is 105. The fourth-order valence-corrected chi connectivity index (χ4v) is 6.31. The first-order valence-electron chi connectivity index (χ1n) is 10.5. The monoisotopic (exact) mass is 537 g/mol. The molecule has 0 N–H and O–H groups in total. The topological polar surface area (TPSA) is 97.8 Å². The average molecular weight is 538 g/mol. The molecule has 0 aliphatic carbocycles. The van der Waals surface area contributed by atoms with Crippen LogP contribution in [-0.2, 0) is 19.7 Å². The van der Waals surface area contributed by atoms with Gasteiger partial charge in [0.25, 0.3) is 5.91 Å². The minimum absolute atomic E-state index is 0.0233. The predicted molar refractivity (Wildman–Crippen MR) is 118 cm³/mol. The lowest BCUT2D eigenvalue weighted by molar-refractivity contribution is -0.274. The van der Waals surface area contributed by atoms with Crippen molar-refractivity contribution in [1.82, 2.24) is 4.90 Å². The van der Waals surface area contributed by atoms with Crippen molar-refractivity contribution in [2.45, 2.75) is 41.2 Å². The fourth-order valence-electron chi connectivity index (χ4n) is 3.95. The van der Waals surface area contributed by atoms with Crippen molar-refractivity contribution in [3.05, 3.63) is 53.8 Å². The Morgan fingerprint density at radius 3 is 2.06 bits per heavy atom. The van der Waals surface area contributed by atoms with Crippen LogP contribution in [0, 0.1) is 11.7 Å². The lowest BCUT2D eigenvalue weighted by Gasteiger charge is -2.35. The number of alkyl halides is 3. The second-order valence-electron chi connectivity index (χ2n) is 8.31. The van der Waals surface area contributed by atoms with Gasteiger partial charge in [-0.05, 0) is 68.1 Å². The minimum Gasteiger partial charge on any atom is -0.405 e. The number of halogens is 4. The Morgan fingerprint density at radius 1 is 1.00 bits per heavy atom. The number of hydrogen-bond donors (Lipinski definition) is 0. The molecule has 0 aromatic heterocycles. The first kappa shape index (κ1) is 26.9. The maximum atomic E-state index is 13.2. The summed E-state index contributed by atoms with van der Waals surface area (Å²) in [7, 11) is -7.62. The van der Waals surface area contributed by atoms with Gasteiger partial charge in [-0.15, -0.1) is 13.2 Å². The van der Waals surface area contributed by atoms with Gasteiger partial charge in [-0.2, -0.15) is 0 Å². The second-order valence-corrected chi connectivity index (χ2v) is 12.6. The third-order valence-electron chi connectivity index (χ3n) is 5.96. The van der Waals surface area contributed by atoms with E-state index in [1.54, 1.807) is 0 Å². The van der Waals surface area contributed by atoms with Crippen molar-refractivity contribution >= 4 is 25.6 Å². The van der Waals surface area contributed by atoms with Gasteiger partial charge in [0.15, 0.2) is 19.7 Å². The van der Waals surface area contributed by atoms with Crippen molar-refractivity contribution in [2.75, 3.05) is 19.3 Å². The van der Waals surface area contributed by atoms with Crippen LogP contribution in [0.3, 0.4) is 0 Å². The molecule has 0 spiro atoms. The van der Waals surface area contributed by atoms with Crippen LogP contribution in [0.5, 0.6) is 5.75 Å².